The lowest BCUT2D eigenvalue weighted by atomic mass is 9.97. The molecule has 1 N–H and O–H groups in total. The highest BCUT2D eigenvalue weighted by Crippen LogP contribution is 2.42. The Hall–Kier alpha value is -0.0100. The molecular formula is C16H22BrCl2F3N2. The average molecular weight is 450 g/mol. The zero-order valence-corrected chi connectivity index (χ0v) is 16.3. The maximum Gasteiger partial charge on any atom is 0.416 e. The van der Waals surface area contributed by atoms with Crippen LogP contribution in [0, 0.1) is 5.92 Å². The quantitative estimate of drug-likeness (QED) is 0.691. The van der Waals surface area contributed by atoms with Crippen LogP contribution in [-0.4, -0.2) is 31.1 Å². The highest BCUT2D eigenvalue weighted by molar-refractivity contribution is 9.10. The fourth-order valence-electron chi connectivity index (χ4n) is 3.13. The second-order valence-corrected chi connectivity index (χ2v) is 7.17. The molecule has 2 aliphatic rings. The first-order valence-electron chi connectivity index (χ1n) is 7.76. The van der Waals surface area contributed by atoms with Gasteiger partial charge in [-0.05, 0) is 36.1 Å². The lowest BCUT2D eigenvalue weighted by Gasteiger charge is -2.35. The Morgan fingerprint density at radius 3 is 2.29 bits per heavy atom. The number of halogens is 6. The SMILES string of the molecule is Cl.Cl.FC(F)(F)c1cc(Br)cc([C@H](CC2CC2)N2CCNCC2)c1. The van der Waals surface area contributed by atoms with Gasteiger partial charge in [0, 0.05) is 36.7 Å². The number of piperazine rings is 1. The Labute approximate surface area is 161 Å². The van der Waals surface area contributed by atoms with Crippen molar-refractivity contribution in [2.45, 2.75) is 31.5 Å². The molecule has 1 aromatic carbocycles. The number of nitrogens with zero attached hydrogens (tertiary/aromatic N) is 1. The molecule has 1 atom stereocenters. The summed E-state index contributed by atoms with van der Waals surface area (Å²) in [6.45, 7) is 3.60. The maximum absolute atomic E-state index is 13.1. The number of benzene rings is 1. The monoisotopic (exact) mass is 448 g/mol. The van der Waals surface area contributed by atoms with Crippen LogP contribution in [0.5, 0.6) is 0 Å². The number of hydrogen-bond acceptors (Lipinski definition) is 2. The van der Waals surface area contributed by atoms with E-state index in [1.54, 1.807) is 0 Å². The van der Waals surface area contributed by atoms with E-state index >= 15 is 0 Å². The third-order valence-electron chi connectivity index (χ3n) is 4.48. The second kappa shape index (κ2) is 9.08. The first-order valence-corrected chi connectivity index (χ1v) is 8.55. The van der Waals surface area contributed by atoms with Gasteiger partial charge in [-0.3, -0.25) is 4.90 Å². The summed E-state index contributed by atoms with van der Waals surface area (Å²) >= 11 is 3.25. The van der Waals surface area contributed by atoms with Gasteiger partial charge in [0.15, 0.2) is 0 Å². The van der Waals surface area contributed by atoms with E-state index in [-0.39, 0.29) is 30.9 Å². The standard InChI is InChI=1S/C16H20BrF3N2.2ClH/c17-14-9-12(8-13(10-14)16(18,19)20)15(7-11-1-2-11)22-5-3-21-4-6-22;;/h8-11,15,21H,1-7H2;2*1H/t15-;;/m0../s1. The van der Waals surface area contributed by atoms with Crippen LogP contribution < -0.4 is 5.32 Å². The number of hydrogen-bond donors (Lipinski definition) is 1. The molecule has 2 fully saturated rings. The van der Waals surface area contributed by atoms with E-state index in [2.05, 4.69) is 26.1 Å². The van der Waals surface area contributed by atoms with Crippen molar-refractivity contribution in [3.8, 4) is 0 Å². The summed E-state index contributed by atoms with van der Waals surface area (Å²) in [6.07, 6.45) is -0.911. The number of rotatable bonds is 4. The Morgan fingerprint density at radius 2 is 1.75 bits per heavy atom. The zero-order valence-electron chi connectivity index (χ0n) is 13.1. The molecule has 24 heavy (non-hydrogen) atoms. The Balaban J connectivity index is 0.00000144. The summed E-state index contributed by atoms with van der Waals surface area (Å²) in [5.41, 5.74) is 0.225. The summed E-state index contributed by atoms with van der Waals surface area (Å²) in [5, 5.41) is 3.31. The van der Waals surface area contributed by atoms with Crippen LogP contribution in [0.1, 0.15) is 36.4 Å². The first kappa shape index (κ1) is 22.0. The van der Waals surface area contributed by atoms with Crippen molar-refractivity contribution in [2.75, 3.05) is 26.2 Å². The minimum atomic E-state index is -4.30. The molecule has 8 heteroatoms. The zero-order chi connectivity index (χ0) is 15.7. The third-order valence-corrected chi connectivity index (χ3v) is 4.94. The molecule has 138 valence electrons. The average Bonchev–Trinajstić information content (AvgIpc) is 3.28. The van der Waals surface area contributed by atoms with Crippen LogP contribution in [0.15, 0.2) is 22.7 Å². The molecule has 0 radical (unpaired) electrons. The minimum Gasteiger partial charge on any atom is -0.314 e. The summed E-state index contributed by atoms with van der Waals surface area (Å²) in [6, 6.07) is 4.44. The molecule has 1 heterocycles. The molecule has 1 aliphatic carbocycles. The first-order chi connectivity index (χ1) is 10.4. The van der Waals surface area contributed by atoms with Gasteiger partial charge in [0.05, 0.1) is 5.56 Å². The fraction of sp³-hybridized carbons (Fsp3) is 0.625. The Kier molecular flexibility index (Phi) is 8.34. The Bertz CT molecular complexity index is 533. The normalized spacial score (nSPS) is 20.0. The van der Waals surface area contributed by atoms with Crippen molar-refractivity contribution in [2.24, 2.45) is 5.92 Å². The fourth-order valence-corrected chi connectivity index (χ4v) is 3.64. The van der Waals surface area contributed by atoms with E-state index < -0.39 is 11.7 Å². The lowest BCUT2D eigenvalue weighted by molar-refractivity contribution is -0.137. The molecule has 0 unspecified atom stereocenters. The van der Waals surface area contributed by atoms with Gasteiger partial charge in [-0.25, -0.2) is 0 Å². The molecule has 1 saturated heterocycles. The molecule has 3 rings (SSSR count). The number of nitrogens with one attached hydrogen (secondary N) is 1. The second-order valence-electron chi connectivity index (χ2n) is 6.25. The summed E-state index contributed by atoms with van der Waals surface area (Å²) < 4.78 is 39.8. The van der Waals surface area contributed by atoms with Crippen molar-refractivity contribution in [3.05, 3.63) is 33.8 Å². The molecule has 1 saturated carbocycles. The third kappa shape index (κ3) is 5.77. The van der Waals surface area contributed by atoms with Crippen LogP contribution >= 0.6 is 40.7 Å². The van der Waals surface area contributed by atoms with Crippen molar-refractivity contribution in [3.63, 3.8) is 0 Å². The van der Waals surface area contributed by atoms with Crippen LogP contribution in [0.2, 0.25) is 0 Å². The summed E-state index contributed by atoms with van der Waals surface area (Å²) in [4.78, 5) is 2.33. The highest BCUT2D eigenvalue weighted by atomic mass is 79.9. The molecule has 1 aliphatic heterocycles. The molecule has 2 nitrogen and oxygen atoms in total. The van der Waals surface area contributed by atoms with Crippen LogP contribution in [-0.2, 0) is 6.18 Å². The van der Waals surface area contributed by atoms with Gasteiger partial charge in [0.2, 0.25) is 0 Å². The van der Waals surface area contributed by atoms with E-state index in [1.807, 2.05) is 6.07 Å². The van der Waals surface area contributed by atoms with E-state index in [0.29, 0.717) is 10.4 Å². The van der Waals surface area contributed by atoms with Crippen molar-refractivity contribution >= 4 is 40.7 Å². The molecule has 0 aromatic heterocycles. The summed E-state index contributed by atoms with van der Waals surface area (Å²) in [7, 11) is 0. The molecule has 0 bridgehead atoms. The Morgan fingerprint density at radius 1 is 1.12 bits per heavy atom. The van der Waals surface area contributed by atoms with Crippen LogP contribution in [0.4, 0.5) is 13.2 Å². The largest absolute Gasteiger partial charge is 0.416 e. The van der Waals surface area contributed by atoms with Gasteiger partial charge in [0.1, 0.15) is 0 Å². The van der Waals surface area contributed by atoms with E-state index in [0.717, 1.165) is 44.2 Å². The van der Waals surface area contributed by atoms with Gasteiger partial charge in [-0.15, -0.1) is 24.8 Å². The van der Waals surface area contributed by atoms with Crippen molar-refractivity contribution < 1.29 is 13.2 Å². The van der Waals surface area contributed by atoms with E-state index in [1.165, 1.54) is 18.9 Å². The number of alkyl halides is 3. The molecule has 1 aromatic rings. The molecule has 0 spiro atoms. The van der Waals surface area contributed by atoms with E-state index in [4.69, 9.17) is 0 Å². The van der Waals surface area contributed by atoms with Crippen LogP contribution in [0.3, 0.4) is 0 Å². The molecular weight excluding hydrogens is 428 g/mol. The smallest absolute Gasteiger partial charge is 0.314 e. The molecule has 0 amide bonds. The van der Waals surface area contributed by atoms with Crippen molar-refractivity contribution in [1.29, 1.82) is 0 Å². The summed E-state index contributed by atoms with van der Waals surface area (Å²) in [5.74, 6) is 0.674. The van der Waals surface area contributed by atoms with Gasteiger partial charge in [-0.1, -0.05) is 28.8 Å². The van der Waals surface area contributed by atoms with E-state index in [9.17, 15) is 13.2 Å². The lowest BCUT2D eigenvalue weighted by Crippen LogP contribution is -2.45. The van der Waals surface area contributed by atoms with Crippen LogP contribution in [0.25, 0.3) is 0 Å². The predicted molar refractivity (Wildman–Crippen MR) is 98.2 cm³/mol. The van der Waals surface area contributed by atoms with Gasteiger partial charge in [0.25, 0.3) is 0 Å². The topological polar surface area (TPSA) is 15.3 Å². The van der Waals surface area contributed by atoms with Gasteiger partial charge in [-0.2, -0.15) is 13.2 Å². The van der Waals surface area contributed by atoms with Crippen molar-refractivity contribution in [1.82, 2.24) is 10.2 Å². The maximum atomic E-state index is 13.1. The minimum absolute atomic E-state index is 0. The highest BCUT2D eigenvalue weighted by Gasteiger charge is 2.34. The van der Waals surface area contributed by atoms with Gasteiger partial charge >= 0.3 is 6.18 Å². The predicted octanol–water partition coefficient (Wildman–Crippen LogP) is 5.06. The van der Waals surface area contributed by atoms with Gasteiger partial charge < -0.3 is 5.32 Å².